The lowest BCUT2D eigenvalue weighted by Gasteiger charge is -2.26. The van der Waals surface area contributed by atoms with E-state index in [0.29, 0.717) is 0 Å². The highest BCUT2D eigenvalue weighted by Gasteiger charge is 2.09. The second-order valence-corrected chi connectivity index (χ2v) is 6.28. The zero-order valence-corrected chi connectivity index (χ0v) is 14.3. The lowest BCUT2D eigenvalue weighted by Crippen LogP contribution is -2.37. The summed E-state index contributed by atoms with van der Waals surface area (Å²) in [5.41, 5.74) is 3.11. The van der Waals surface area contributed by atoms with Crippen molar-refractivity contribution in [2.75, 3.05) is 39.5 Å². The second-order valence-electron chi connectivity index (χ2n) is 6.28. The summed E-state index contributed by atoms with van der Waals surface area (Å²) in [7, 11) is 0. The summed E-state index contributed by atoms with van der Waals surface area (Å²) >= 11 is 0. The van der Waals surface area contributed by atoms with E-state index < -0.39 is 0 Å². The van der Waals surface area contributed by atoms with Crippen molar-refractivity contribution in [1.29, 1.82) is 0 Å². The van der Waals surface area contributed by atoms with E-state index >= 15 is 0 Å². The molecule has 0 amide bonds. The molecule has 0 atom stereocenters. The highest BCUT2D eigenvalue weighted by Crippen LogP contribution is 2.22. The van der Waals surface area contributed by atoms with Gasteiger partial charge in [0.2, 0.25) is 0 Å². The number of fused-ring (bicyclic) bond motifs is 1. The number of aromatic amines is 1. The molecule has 25 heavy (non-hydrogen) atoms. The zero-order chi connectivity index (χ0) is 16.9. The molecule has 5 nitrogen and oxygen atoms in total. The highest BCUT2D eigenvalue weighted by atomic mass is 16.5. The molecule has 1 aliphatic rings. The fourth-order valence-electron chi connectivity index (χ4n) is 3.10. The largest absolute Gasteiger partial charge is 0.494 e. The number of hydrogen-bond donors (Lipinski definition) is 1. The third-order valence-corrected chi connectivity index (χ3v) is 4.51. The van der Waals surface area contributed by atoms with Crippen LogP contribution in [0.2, 0.25) is 0 Å². The molecule has 1 aromatic heterocycles. The lowest BCUT2D eigenvalue weighted by molar-refractivity contribution is 0.0358. The van der Waals surface area contributed by atoms with Gasteiger partial charge in [0.15, 0.2) is 0 Å². The average Bonchev–Trinajstić information content (AvgIpc) is 3.11. The Morgan fingerprint density at radius 2 is 1.84 bits per heavy atom. The van der Waals surface area contributed by atoms with Crippen molar-refractivity contribution < 1.29 is 9.47 Å². The van der Waals surface area contributed by atoms with Gasteiger partial charge in [0.25, 0.3) is 0 Å². The third kappa shape index (κ3) is 4.00. The Morgan fingerprint density at radius 1 is 1.04 bits per heavy atom. The molecule has 1 saturated heterocycles. The number of H-pyrrole nitrogens is 1. The number of imidazole rings is 1. The summed E-state index contributed by atoms with van der Waals surface area (Å²) in [4.78, 5) is 10.4. The normalized spacial score (nSPS) is 15.5. The molecular weight excluding hydrogens is 314 g/mol. The van der Waals surface area contributed by atoms with Gasteiger partial charge in [0, 0.05) is 25.2 Å². The molecule has 0 aliphatic carbocycles. The average molecular weight is 337 g/mol. The Kier molecular flexibility index (Phi) is 4.95. The minimum Gasteiger partial charge on any atom is -0.494 e. The second kappa shape index (κ2) is 7.68. The van der Waals surface area contributed by atoms with E-state index in [9.17, 15) is 0 Å². The topological polar surface area (TPSA) is 50.4 Å². The van der Waals surface area contributed by atoms with E-state index in [1.54, 1.807) is 0 Å². The monoisotopic (exact) mass is 337 g/mol. The summed E-state index contributed by atoms with van der Waals surface area (Å²) < 4.78 is 11.2. The molecule has 3 aromatic rings. The quantitative estimate of drug-likeness (QED) is 0.701. The first-order chi connectivity index (χ1) is 12.4. The minimum atomic E-state index is 0.737. The van der Waals surface area contributed by atoms with Crippen LogP contribution < -0.4 is 4.74 Å². The Bertz CT molecular complexity index is 774. The van der Waals surface area contributed by atoms with Gasteiger partial charge in [0.05, 0.1) is 30.9 Å². The van der Waals surface area contributed by atoms with Gasteiger partial charge in [-0.15, -0.1) is 0 Å². The van der Waals surface area contributed by atoms with E-state index in [1.807, 2.05) is 36.4 Å². The van der Waals surface area contributed by atoms with Crippen LogP contribution in [0.1, 0.15) is 6.42 Å². The number of ether oxygens (including phenoxy) is 2. The molecule has 5 heteroatoms. The predicted molar refractivity (Wildman–Crippen MR) is 98.9 cm³/mol. The number of nitrogens with one attached hydrogen (secondary N) is 1. The maximum atomic E-state index is 5.86. The maximum Gasteiger partial charge on any atom is 0.138 e. The zero-order valence-electron chi connectivity index (χ0n) is 14.3. The van der Waals surface area contributed by atoms with Crippen LogP contribution in [0.5, 0.6) is 5.75 Å². The first-order valence-corrected chi connectivity index (χ1v) is 8.86. The van der Waals surface area contributed by atoms with Crippen molar-refractivity contribution in [2.24, 2.45) is 0 Å². The van der Waals surface area contributed by atoms with Crippen molar-refractivity contribution >= 4 is 11.0 Å². The molecule has 4 rings (SSSR count). The third-order valence-electron chi connectivity index (χ3n) is 4.51. The smallest absolute Gasteiger partial charge is 0.138 e. The van der Waals surface area contributed by atoms with Gasteiger partial charge >= 0.3 is 0 Å². The molecule has 1 N–H and O–H groups in total. The highest BCUT2D eigenvalue weighted by molar-refractivity contribution is 5.79. The first-order valence-electron chi connectivity index (χ1n) is 8.86. The van der Waals surface area contributed by atoms with E-state index in [0.717, 1.165) is 74.0 Å². The first kappa shape index (κ1) is 16.1. The van der Waals surface area contributed by atoms with Crippen molar-refractivity contribution in [1.82, 2.24) is 14.9 Å². The van der Waals surface area contributed by atoms with Gasteiger partial charge < -0.3 is 14.5 Å². The number of rotatable bonds is 6. The van der Waals surface area contributed by atoms with Crippen molar-refractivity contribution in [3.8, 4) is 17.1 Å². The van der Waals surface area contributed by atoms with E-state index in [1.165, 1.54) is 0 Å². The Balaban J connectivity index is 1.30. The fourth-order valence-corrected chi connectivity index (χ4v) is 3.10. The maximum absolute atomic E-state index is 5.86. The van der Waals surface area contributed by atoms with Gasteiger partial charge in [-0.25, -0.2) is 4.98 Å². The number of hydrogen-bond acceptors (Lipinski definition) is 4. The molecule has 2 aromatic carbocycles. The van der Waals surface area contributed by atoms with Crippen LogP contribution in [-0.4, -0.2) is 54.3 Å². The number of para-hydroxylation sites is 2. The summed E-state index contributed by atoms with van der Waals surface area (Å²) in [6, 6.07) is 16.2. The lowest BCUT2D eigenvalue weighted by atomic mass is 10.2. The van der Waals surface area contributed by atoms with Gasteiger partial charge in [-0.3, -0.25) is 4.90 Å². The summed E-state index contributed by atoms with van der Waals surface area (Å²) in [5.74, 6) is 1.79. The molecule has 2 heterocycles. The number of morpholine rings is 1. The van der Waals surface area contributed by atoms with Crippen LogP contribution in [-0.2, 0) is 4.74 Å². The Labute approximate surface area is 147 Å². The van der Waals surface area contributed by atoms with Gasteiger partial charge in [-0.1, -0.05) is 12.1 Å². The Morgan fingerprint density at radius 3 is 2.64 bits per heavy atom. The molecule has 0 bridgehead atoms. The molecule has 0 spiro atoms. The molecule has 1 fully saturated rings. The van der Waals surface area contributed by atoms with Gasteiger partial charge in [0.1, 0.15) is 11.6 Å². The van der Waals surface area contributed by atoms with E-state index in [-0.39, 0.29) is 0 Å². The minimum absolute atomic E-state index is 0.737. The molecule has 0 radical (unpaired) electrons. The summed E-state index contributed by atoms with van der Waals surface area (Å²) in [6.07, 6.45) is 1.03. The van der Waals surface area contributed by atoms with E-state index in [2.05, 4.69) is 27.0 Å². The van der Waals surface area contributed by atoms with Crippen LogP contribution in [0.15, 0.2) is 48.5 Å². The van der Waals surface area contributed by atoms with Crippen LogP contribution in [0, 0.1) is 0 Å². The van der Waals surface area contributed by atoms with Gasteiger partial charge in [-0.2, -0.15) is 0 Å². The Hall–Kier alpha value is -2.37. The molecule has 1 aliphatic heterocycles. The van der Waals surface area contributed by atoms with Crippen molar-refractivity contribution in [3.63, 3.8) is 0 Å². The number of benzene rings is 2. The van der Waals surface area contributed by atoms with Crippen LogP contribution in [0.4, 0.5) is 0 Å². The molecule has 0 unspecified atom stereocenters. The van der Waals surface area contributed by atoms with Crippen LogP contribution in [0.3, 0.4) is 0 Å². The van der Waals surface area contributed by atoms with Crippen molar-refractivity contribution in [2.45, 2.75) is 6.42 Å². The molecule has 0 saturated carbocycles. The summed E-state index contributed by atoms with van der Waals surface area (Å²) in [5, 5.41) is 0. The standard InChI is InChI=1S/C20H23N3O2/c1-2-5-19-18(4-1)21-20(22-19)16-6-8-17(9-7-16)25-13-3-10-23-11-14-24-15-12-23/h1-2,4-9H,3,10-15H2,(H,21,22). The predicted octanol–water partition coefficient (Wildman–Crippen LogP) is 3.33. The number of nitrogens with zero attached hydrogens (tertiary/aromatic N) is 2. The van der Waals surface area contributed by atoms with Crippen molar-refractivity contribution in [3.05, 3.63) is 48.5 Å². The van der Waals surface area contributed by atoms with Gasteiger partial charge in [-0.05, 0) is 42.8 Å². The molecule has 130 valence electrons. The van der Waals surface area contributed by atoms with Crippen LogP contribution in [0.25, 0.3) is 22.4 Å². The molecular formula is C20H23N3O2. The number of aromatic nitrogens is 2. The van der Waals surface area contributed by atoms with Crippen LogP contribution >= 0.6 is 0 Å². The van der Waals surface area contributed by atoms with E-state index in [4.69, 9.17) is 9.47 Å². The fraction of sp³-hybridized carbons (Fsp3) is 0.350. The summed E-state index contributed by atoms with van der Waals surface area (Å²) in [6.45, 7) is 5.58. The SMILES string of the molecule is c1ccc2[nH]c(-c3ccc(OCCCN4CCOCC4)cc3)nc2c1.